The number of aliphatic carboxylic acids is 1. The Morgan fingerprint density at radius 3 is 2.68 bits per heavy atom. The molecule has 1 aliphatic heterocycles. The molecule has 1 saturated heterocycles. The second-order valence-electron chi connectivity index (χ2n) is 6.90. The summed E-state index contributed by atoms with van der Waals surface area (Å²) in [5.41, 5.74) is 0. The van der Waals surface area contributed by atoms with E-state index in [4.69, 9.17) is 5.11 Å². The Kier molecular flexibility index (Phi) is 10.5. The van der Waals surface area contributed by atoms with Crippen LogP contribution in [0.1, 0.15) is 65.2 Å². The highest BCUT2D eigenvalue weighted by atomic mass is 16.4. The summed E-state index contributed by atoms with van der Waals surface area (Å²) in [5.74, 6) is 5.20. The molecule has 0 saturated carbocycles. The van der Waals surface area contributed by atoms with E-state index in [1.165, 1.54) is 0 Å². The Bertz CT molecular complexity index is 480. The molecule has 0 spiro atoms. The fourth-order valence-electron chi connectivity index (χ4n) is 3.13. The SMILES string of the molecule is CC#CC[C@H](C)[C@H](O)/C=C/[C@H]1CCC(O)N1CCCCCCC(=O)O. The molecule has 0 bridgehead atoms. The average Bonchev–Trinajstić information content (AvgIpc) is 2.93. The van der Waals surface area contributed by atoms with Crippen LogP contribution in [0, 0.1) is 17.8 Å². The van der Waals surface area contributed by atoms with E-state index < -0.39 is 18.3 Å². The molecule has 0 radical (unpaired) electrons. The van der Waals surface area contributed by atoms with Gasteiger partial charge < -0.3 is 15.3 Å². The fraction of sp³-hybridized carbons (Fsp3) is 0.750. The molecule has 0 aliphatic carbocycles. The zero-order valence-electron chi connectivity index (χ0n) is 15.5. The van der Waals surface area contributed by atoms with Crippen molar-refractivity contribution in [1.29, 1.82) is 0 Å². The number of rotatable bonds is 11. The number of carboxylic acid groups (broad SMARTS) is 1. The third-order valence-electron chi connectivity index (χ3n) is 4.80. The van der Waals surface area contributed by atoms with E-state index >= 15 is 0 Å². The van der Waals surface area contributed by atoms with Gasteiger partial charge >= 0.3 is 5.97 Å². The number of carbonyl (C=O) groups is 1. The Morgan fingerprint density at radius 2 is 2.00 bits per heavy atom. The minimum atomic E-state index is -0.738. The number of likely N-dealkylation sites (tertiary alicyclic amines) is 1. The highest BCUT2D eigenvalue weighted by Gasteiger charge is 2.29. The average molecular weight is 351 g/mol. The Morgan fingerprint density at radius 1 is 1.28 bits per heavy atom. The van der Waals surface area contributed by atoms with Gasteiger partial charge in [0.1, 0.15) is 6.23 Å². The molecule has 25 heavy (non-hydrogen) atoms. The molecule has 1 unspecified atom stereocenters. The fourth-order valence-corrected chi connectivity index (χ4v) is 3.13. The lowest BCUT2D eigenvalue weighted by atomic mass is 10.00. The third kappa shape index (κ3) is 8.53. The molecule has 4 atom stereocenters. The molecular formula is C20H33NO4. The van der Waals surface area contributed by atoms with Crippen molar-refractivity contribution in [2.75, 3.05) is 6.54 Å². The smallest absolute Gasteiger partial charge is 0.303 e. The summed E-state index contributed by atoms with van der Waals surface area (Å²) >= 11 is 0. The van der Waals surface area contributed by atoms with E-state index in [1.807, 2.05) is 19.1 Å². The number of carboxylic acids is 1. The van der Waals surface area contributed by atoms with Crippen molar-refractivity contribution in [3.8, 4) is 11.8 Å². The van der Waals surface area contributed by atoms with Crippen LogP contribution in [0.2, 0.25) is 0 Å². The zero-order chi connectivity index (χ0) is 18.7. The van der Waals surface area contributed by atoms with Crippen LogP contribution in [0.3, 0.4) is 0 Å². The first-order valence-electron chi connectivity index (χ1n) is 9.37. The van der Waals surface area contributed by atoms with E-state index in [9.17, 15) is 15.0 Å². The Balaban J connectivity index is 2.37. The Hall–Kier alpha value is -1.35. The highest BCUT2D eigenvalue weighted by Crippen LogP contribution is 2.24. The lowest BCUT2D eigenvalue weighted by Crippen LogP contribution is -2.36. The van der Waals surface area contributed by atoms with E-state index in [1.54, 1.807) is 6.92 Å². The standard InChI is InChI=1S/C20H33NO4/c1-3-4-9-16(2)18(22)13-11-17-12-14-19(23)21(17)15-8-6-5-7-10-20(24)25/h11,13,16-19,22-23H,5-10,12,14-15H2,1-2H3,(H,24,25)/b13-11+/t16-,17-,18+,19?/m0/s1. The number of unbranched alkanes of at least 4 members (excludes halogenated alkanes) is 3. The van der Waals surface area contributed by atoms with E-state index in [0.29, 0.717) is 12.8 Å². The van der Waals surface area contributed by atoms with Crippen LogP contribution < -0.4 is 0 Å². The molecule has 0 amide bonds. The van der Waals surface area contributed by atoms with Crippen LogP contribution in [0.5, 0.6) is 0 Å². The van der Waals surface area contributed by atoms with Crippen LogP contribution in [-0.4, -0.2) is 51.1 Å². The summed E-state index contributed by atoms with van der Waals surface area (Å²) in [4.78, 5) is 12.6. The van der Waals surface area contributed by atoms with Gasteiger partial charge in [0.15, 0.2) is 0 Å². The molecular weight excluding hydrogens is 318 g/mol. The van der Waals surface area contributed by atoms with E-state index in [0.717, 1.165) is 38.6 Å². The summed E-state index contributed by atoms with van der Waals surface area (Å²) in [6.45, 7) is 4.59. The van der Waals surface area contributed by atoms with Gasteiger partial charge in [0.05, 0.1) is 6.10 Å². The van der Waals surface area contributed by atoms with E-state index in [2.05, 4.69) is 16.7 Å². The lowest BCUT2D eigenvalue weighted by Gasteiger charge is -2.25. The number of aliphatic hydroxyl groups is 2. The van der Waals surface area contributed by atoms with Crippen LogP contribution in [0.4, 0.5) is 0 Å². The molecule has 0 aromatic carbocycles. The molecule has 1 heterocycles. The van der Waals surface area contributed by atoms with E-state index in [-0.39, 0.29) is 18.4 Å². The van der Waals surface area contributed by atoms with Gasteiger partial charge in [0.25, 0.3) is 0 Å². The second-order valence-corrected chi connectivity index (χ2v) is 6.90. The van der Waals surface area contributed by atoms with Gasteiger partial charge in [-0.3, -0.25) is 9.69 Å². The molecule has 1 aliphatic rings. The first-order chi connectivity index (χ1) is 12.0. The summed E-state index contributed by atoms with van der Waals surface area (Å²) in [5, 5.41) is 29.0. The second kappa shape index (κ2) is 12.1. The summed E-state index contributed by atoms with van der Waals surface area (Å²) in [6, 6.07) is 0.160. The maximum atomic E-state index is 10.5. The first kappa shape index (κ1) is 21.7. The Labute approximate surface area is 151 Å². The van der Waals surface area contributed by atoms with Gasteiger partial charge in [-0.1, -0.05) is 31.9 Å². The van der Waals surface area contributed by atoms with Crippen molar-refractivity contribution >= 4 is 5.97 Å². The van der Waals surface area contributed by atoms with Gasteiger partial charge in [0.2, 0.25) is 0 Å². The number of hydrogen-bond donors (Lipinski definition) is 3. The molecule has 1 rings (SSSR count). The van der Waals surface area contributed by atoms with Gasteiger partial charge in [-0.15, -0.1) is 11.8 Å². The molecule has 1 fully saturated rings. The van der Waals surface area contributed by atoms with Crippen LogP contribution >= 0.6 is 0 Å². The summed E-state index contributed by atoms with van der Waals surface area (Å²) in [6.07, 6.45) is 9.02. The topological polar surface area (TPSA) is 81.0 Å². The summed E-state index contributed by atoms with van der Waals surface area (Å²) < 4.78 is 0. The molecule has 3 N–H and O–H groups in total. The third-order valence-corrected chi connectivity index (χ3v) is 4.80. The van der Waals surface area contributed by atoms with Gasteiger partial charge in [-0.25, -0.2) is 0 Å². The quantitative estimate of drug-likeness (QED) is 0.303. The van der Waals surface area contributed by atoms with Crippen molar-refractivity contribution in [3.63, 3.8) is 0 Å². The van der Waals surface area contributed by atoms with Crippen molar-refractivity contribution in [2.45, 2.75) is 83.6 Å². The summed E-state index contributed by atoms with van der Waals surface area (Å²) in [7, 11) is 0. The molecule has 5 nitrogen and oxygen atoms in total. The van der Waals surface area contributed by atoms with Crippen LogP contribution in [-0.2, 0) is 4.79 Å². The maximum absolute atomic E-state index is 10.5. The largest absolute Gasteiger partial charge is 0.481 e. The maximum Gasteiger partial charge on any atom is 0.303 e. The molecule has 0 aromatic rings. The monoisotopic (exact) mass is 351 g/mol. The lowest BCUT2D eigenvalue weighted by molar-refractivity contribution is -0.137. The normalized spacial score (nSPS) is 23.4. The minimum Gasteiger partial charge on any atom is -0.481 e. The van der Waals surface area contributed by atoms with Gasteiger partial charge in [-0.2, -0.15) is 0 Å². The number of hydrogen-bond acceptors (Lipinski definition) is 4. The number of aliphatic hydroxyl groups excluding tert-OH is 2. The van der Waals surface area contributed by atoms with Crippen molar-refractivity contribution in [1.82, 2.24) is 4.90 Å². The molecule has 5 heteroatoms. The van der Waals surface area contributed by atoms with Crippen LogP contribution in [0.25, 0.3) is 0 Å². The first-order valence-corrected chi connectivity index (χ1v) is 9.37. The highest BCUT2D eigenvalue weighted by molar-refractivity contribution is 5.66. The predicted molar refractivity (Wildman–Crippen MR) is 98.8 cm³/mol. The van der Waals surface area contributed by atoms with Gasteiger partial charge in [0, 0.05) is 25.4 Å². The minimum absolute atomic E-state index is 0.0951. The molecule has 0 aromatic heterocycles. The van der Waals surface area contributed by atoms with Crippen molar-refractivity contribution in [3.05, 3.63) is 12.2 Å². The number of nitrogens with zero attached hydrogens (tertiary/aromatic N) is 1. The van der Waals surface area contributed by atoms with Crippen LogP contribution in [0.15, 0.2) is 12.2 Å². The molecule has 142 valence electrons. The van der Waals surface area contributed by atoms with Gasteiger partial charge in [-0.05, 0) is 38.5 Å². The predicted octanol–water partition coefficient (Wildman–Crippen LogP) is 2.77. The van der Waals surface area contributed by atoms with Crippen molar-refractivity contribution in [2.24, 2.45) is 5.92 Å². The zero-order valence-corrected chi connectivity index (χ0v) is 15.5. The van der Waals surface area contributed by atoms with Crippen molar-refractivity contribution < 1.29 is 20.1 Å².